The summed E-state index contributed by atoms with van der Waals surface area (Å²) in [6, 6.07) is 3.49. The largest absolute Gasteiger partial charge is 0.416 e. The molecule has 2 fully saturated rings. The van der Waals surface area contributed by atoms with Gasteiger partial charge in [0.15, 0.2) is 0 Å². The number of thioether (sulfide) groups is 1. The van der Waals surface area contributed by atoms with E-state index >= 15 is 0 Å². The van der Waals surface area contributed by atoms with Gasteiger partial charge in [-0.2, -0.15) is 13.2 Å². The van der Waals surface area contributed by atoms with Gasteiger partial charge in [-0.05, 0) is 49.8 Å². The maximum Gasteiger partial charge on any atom is 0.416 e. The second-order valence-electron chi connectivity index (χ2n) is 7.56. The first-order valence-electron chi connectivity index (χ1n) is 9.55. The molecule has 1 aromatic rings. The van der Waals surface area contributed by atoms with Gasteiger partial charge in [-0.15, -0.1) is 0 Å². The minimum Gasteiger partial charge on any atom is -0.336 e. The fraction of sp³-hybridized carbons (Fsp3) is 0.500. The number of nitrogens with zero attached hydrogens (tertiary/aromatic N) is 1. The highest BCUT2D eigenvalue weighted by Gasteiger charge is 2.36. The summed E-state index contributed by atoms with van der Waals surface area (Å²) in [6.45, 7) is 0.696. The zero-order valence-electron chi connectivity index (χ0n) is 15.2. The van der Waals surface area contributed by atoms with Crippen LogP contribution >= 0.6 is 11.8 Å². The van der Waals surface area contributed by atoms with Crippen LogP contribution in [0.15, 0.2) is 34.1 Å². The molecule has 3 aliphatic rings. The SMILES string of the molecule is O=C1Nc2cc(C(F)(F)F)ccc2S/C1=C\C(=O)N1CCCC2CCCCC21. The van der Waals surface area contributed by atoms with Crippen molar-refractivity contribution in [2.45, 2.75) is 55.6 Å². The van der Waals surface area contributed by atoms with Crippen molar-refractivity contribution in [1.82, 2.24) is 4.90 Å². The maximum atomic E-state index is 12.9. The van der Waals surface area contributed by atoms with Crippen molar-refractivity contribution in [3.8, 4) is 0 Å². The molecule has 0 bridgehead atoms. The molecule has 1 aromatic carbocycles. The van der Waals surface area contributed by atoms with Crippen LogP contribution in [0.2, 0.25) is 0 Å². The molecule has 1 aliphatic carbocycles. The Morgan fingerprint density at radius 1 is 1.18 bits per heavy atom. The Morgan fingerprint density at radius 3 is 2.71 bits per heavy atom. The maximum absolute atomic E-state index is 12.9. The Kier molecular flexibility index (Phi) is 5.16. The van der Waals surface area contributed by atoms with E-state index in [1.165, 1.54) is 18.6 Å². The van der Waals surface area contributed by atoms with E-state index in [4.69, 9.17) is 0 Å². The van der Waals surface area contributed by atoms with Crippen LogP contribution in [0.3, 0.4) is 0 Å². The highest BCUT2D eigenvalue weighted by atomic mass is 32.2. The quantitative estimate of drug-likeness (QED) is 0.676. The standard InChI is InChI=1S/C20H21F3N2O2S/c21-20(22,23)13-7-8-16-14(10-13)24-19(27)17(28-16)11-18(26)25-9-3-5-12-4-1-2-6-15(12)25/h7-8,10-12,15H,1-6,9H2,(H,24,27)/b17-11-. The minimum atomic E-state index is -4.47. The zero-order valence-corrected chi connectivity index (χ0v) is 16.0. The number of likely N-dealkylation sites (tertiary alicyclic amines) is 1. The molecule has 4 rings (SSSR count). The van der Waals surface area contributed by atoms with E-state index in [9.17, 15) is 22.8 Å². The van der Waals surface area contributed by atoms with Crippen molar-refractivity contribution < 1.29 is 22.8 Å². The van der Waals surface area contributed by atoms with Gasteiger partial charge < -0.3 is 10.2 Å². The monoisotopic (exact) mass is 410 g/mol. The normalized spacial score (nSPS) is 26.5. The fourth-order valence-corrected chi connectivity index (χ4v) is 5.33. The number of anilines is 1. The van der Waals surface area contributed by atoms with Gasteiger partial charge in [-0.25, -0.2) is 0 Å². The predicted molar refractivity (Wildman–Crippen MR) is 101 cm³/mol. The summed E-state index contributed by atoms with van der Waals surface area (Å²) in [5.74, 6) is -0.175. The number of hydrogen-bond acceptors (Lipinski definition) is 3. The number of amides is 2. The molecule has 4 nitrogen and oxygen atoms in total. The second kappa shape index (κ2) is 7.46. The molecule has 1 N–H and O–H groups in total. The van der Waals surface area contributed by atoms with Gasteiger partial charge in [0.25, 0.3) is 5.91 Å². The fourth-order valence-electron chi connectivity index (χ4n) is 4.43. The smallest absolute Gasteiger partial charge is 0.336 e. The lowest BCUT2D eigenvalue weighted by atomic mass is 9.78. The van der Waals surface area contributed by atoms with E-state index in [1.807, 2.05) is 4.90 Å². The summed E-state index contributed by atoms with van der Waals surface area (Å²) < 4.78 is 38.6. The number of fused-ring (bicyclic) bond motifs is 2. The van der Waals surface area contributed by atoms with Gasteiger partial charge in [-0.3, -0.25) is 9.59 Å². The molecule has 0 aromatic heterocycles. The van der Waals surface area contributed by atoms with Crippen LogP contribution in [0, 0.1) is 5.92 Å². The molecule has 2 amide bonds. The first kappa shape index (κ1) is 19.4. The number of piperidine rings is 1. The lowest BCUT2D eigenvalue weighted by molar-refractivity contribution is -0.137. The number of rotatable bonds is 1. The number of halogens is 3. The Labute approximate surface area is 165 Å². The Hall–Kier alpha value is -1.96. The van der Waals surface area contributed by atoms with Crippen LogP contribution in [0.1, 0.15) is 44.1 Å². The van der Waals surface area contributed by atoms with Crippen LogP contribution < -0.4 is 5.32 Å². The first-order chi connectivity index (χ1) is 13.3. The van der Waals surface area contributed by atoms with Crippen LogP contribution in [-0.4, -0.2) is 29.3 Å². The molecular weight excluding hydrogens is 389 g/mol. The number of carbonyl (C=O) groups is 2. The summed E-state index contributed by atoms with van der Waals surface area (Å²) in [5, 5.41) is 2.49. The molecular formula is C20H21F3N2O2S. The third-order valence-electron chi connectivity index (χ3n) is 5.78. The second-order valence-corrected chi connectivity index (χ2v) is 8.64. The zero-order chi connectivity index (χ0) is 19.9. The first-order valence-corrected chi connectivity index (χ1v) is 10.4. The predicted octanol–water partition coefficient (Wildman–Crippen LogP) is 4.81. The van der Waals surface area contributed by atoms with Crippen molar-refractivity contribution in [2.24, 2.45) is 5.92 Å². The van der Waals surface area contributed by atoms with E-state index < -0.39 is 17.6 Å². The van der Waals surface area contributed by atoms with Gasteiger partial charge in [0.05, 0.1) is 16.2 Å². The van der Waals surface area contributed by atoms with Crippen molar-refractivity contribution in [2.75, 3.05) is 11.9 Å². The van der Waals surface area contributed by atoms with Crippen molar-refractivity contribution in [3.63, 3.8) is 0 Å². The van der Waals surface area contributed by atoms with Gasteiger partial charge >= 0.3 is 6.18 Å². The highest BCUT2D eigenvalue weighted by molar-refractivity contribution is 8.04. The van der Waals surface area contributed by atoms with Crippen molar-refractivity contribution in [1.29, 1.82) is 0 Å². The number of alkyl halides is 3. The van der Waals surface area contributed by atoms with Crippen LogP contribution in [-0.2, 0) is 15.8 Å². The van der Waals surface area contributed by atoms with Gasteiger partial charge in [0.1, 0.15) is 0 Å². The molecule has 2 atom stereocenters. The summed E-state index contributed by atoms with van der Waals surface area (Å²) >= 11 is 1.04. The lowest BCUT2D eigenvalue weighted by Crippen LogP contribution is -2.49. The molecule has 150 valence electrons. The average molecular weight is 410 g/mol. The molecule has 2 unspecified atom stereocenters. The topological polar surface area (TPSA) is 49.4 Å². The number of benzene rings is 1. The van der Waals surface area contributed by atoms with E-state index in [2.05, 4.69) is 5.32 Å². The van der Waals surface area contributed by atoms with Crippen LogP contribution in [0.25, 0.3) is 0 Å². The molecule has 1 saturated heterocycles. The van der Waals surface area contributed by atoms with Crippen molar-refractivity contribution >= 4 is 29.3 Å². The summed E-state index contributed by atoms with van der Waals surface area (Å²) in [4.78, 5) is 27.8. The Morgan fingerprint density at radius 2 is 1.93 bits per heavy atom. The molecule has 0 spiro atoms. The Bertz CT molecular complexity index is 835. The van der Waals surface area contributed by atoms with Crippen LogP contribution in [0.5, 0.6) is 0 Å². The molecule has 2 aliphatic heterocycles. The molecule has 0 radical (unpaired) electrons. The third-order valence-corrected chi connectivity index (χ3v) is 6.88. The van der Waals surface area contributed by atoms with Crippen LogP contribution in [0.4, 0.5) is 18.9 Å². The molecule has 8 heteroatoms. The van der Waals surface area contributed by atoms with E-state index in [0.29, 0.717) is 17.4 Å². The summed E-state index contributed by atoms with van der Waals surface area (Å²) in [6.07, 6.45) is 3.47. The van der Waals surface area contributed by atoms with Gasteiger partial charge in [-0.1, -0.05) is 24.6 Å². The molecule has 1 saturated carbocycles. The van der Waals surface area contributed by atoms with Crippen molar-refractivity contribution in [3.05, 3.63) is 34.7 Å². The third kappa shape index (κ3) is 3.79. The minimum absolute atomic E-state index is 0.125. The van der Waals surface area contributed by atoms with Gasteiger partial charge in [0, 0.05) is 23.6 Å². The Balaban J connectivity index is 1.54. The number of hydrogen-bond donors (Lipinski definition) is 1. The highest BCUT2D eigenvalue weighted by Crippen LogP contribution is 2.42. The average Bonchev–Trinajstić information content (AvgIpc) is 2.67. The lowest BCUT2D eigenvalue weighted by Gasteiger charge is -2.43. The molecule has 28 heavy (non-hydrogen) atoms. The van der Waals surface area contributed by atoms with Gasteiger partial charge in [0.2, 0.25) is 5.91 Å². The van der Waals surface area contributed by atoms with E-state index in [1.54, 1.807) is 0 Å². The van der Waals surface area contributed by atoms with E-state index in [0.717, 1.165) is 56.0 Å². The number of nitrogens with one attached hydrogen (secondary N) is 1. The van der Waals surface area contributed by atoms with E-state index in [-0.39, 0.29) is 22.5 Å². The molecule has 2 heterocycles. The summed E-state index contributed by atoms with van der Waals surface area (Å²) in [7, 11) is 0. The number of carbonyl (C=O) groups excluding carboxylic acids is 2. The summed E-state index contributed by atoms with van der Waals surface area (Å²) in [5.41, 5.74) is -0.688.